The molecule has 3 aromatic rings. The van der Waals surface area contributed by atoms with Crippen molar-refractivity contribution in [2.45, 2.75) is 19.4 Å². The number of hydrogen-bond donors (Lipinski definition) is 1. The second kappa shape index (κ2) is 5.47. The van der Waals surface area contributed by atoms with E-state index in [1.807, 2.05) is 31.3 Å². The van der Waals surface area contributed by atoms with Gasteiger partial charge in [-0.15, -0.1) is 0 Å². The van der Waals surface area contributed by atoms with Crippen molar-refractivity contribution in [2.24, 2.45) is 0 Å². The first-order valence-electron chi connectivity index (χ1n) is 6.85. The number of nitrogens with zero attached hydrogens (tertiary/aromatic N) is 1. The highest BCUT2D eigenvalue weighted by atomic mass is 16.3. The Kier molecular flexibility index (Phi) is 3.52. The van der Waals surface area contributed by atoms with E-state index < -0.39 is 0 Å². The molecule has 0 aliphatic carbocycles. The number of likely N-dealkylation sites (N-methyl/N-ethyl adjacent to an activating group) is 1. The highest BCUT2D eigenvalue weighted by Crippen LogP contribution is 2.23. The monoisotopic (exact) mass is 266 g/mol. The zero-order chi connectivity index (χ0) is 13.9. The van der Waals surface area contributed by atoms with Gasteiger partial charge >= 0.3 is 0 Å². The van der Waals surface area contributed by atoms with Gasteiger partial charge in [-0.1, -0.05) is 36.4 Å². The molecule has 1 unspecified atom stereocenters. The molecule has 0 aliphatic rings. The summed E-state index contributed by atoms with van der Waals surface area (Å²) in [7, 11) is 1.97. The van der Waals surface area contributed by atoms with Crippen LogP contribution in [0.15, 0.2) is 52.9 Å². The molecule has 0 saturated carbocycles. The van der Waals surface area contributed by atoms with E-state index in [1.165, 1.54) is 11.1 Å². The standard InChI is InChI=1S/C17H18N2O/c1-12-7-3-4-8-13(12)15(18-2)11-17-19-14-9-5-6-10-16(14)20-17/h3-10,15,18H,11H2,1-2H3. The van der Waals surface area contributed by atoms with Gasteiger partial charge < -0.3 is 9.73 Å². The summed E-state index contributed by atoms with van der Waals surface area (Å²) in [5.41, 5.74) is 4.34. The zero-order valence-electron chi connectivity index (χ0n) is 11.8. The molecule has 20 heavy (non-hydrogen) atoms. The van der Waals surface area contributed by atoms with Crippen molar-refractivity contribution in [1.82, 2.24) is 10.3 Å². The van der Waals surface area contributed by atoms with Gasteiger partial charge in [-0.05, 0) is 37.2 Å². The molecule has 0 fully saturated rings. The molecule has 3 heteroatoms. The molecular weight excluding hydrogens is 248 g/mol. The van der Waals surface area contributed by atoms with Crippen LogP contribution in [0.25, 0.3) is 11.1 Å². The summed E-state index contributed by atoms with van der Waals surface area (Å²) in [5.74, 6) is 0.772. The lowest BCUT2D eigenvalue weighted by molar-refractivity contribution is 0.473. The number of rotatable bonds is 4. The van der Waals surface area contributed by atoms with Crippen LogP contribution in [0.3, 0.4) is 0 Å². The van der Waals surface area contributed by atoms with Gasteiger partial charge in [-0.2, -0.15) is 0 Å². The predicted octanol–water partition coefficient (Wildman–Crippen LogP) is 3.64. The Morgan fingerprint density at radius 1 is 1.10 bits per heavy atom. The summed E-state index contributed by atoms with van der Waals surface area (Å²) in [6.07, 6.45) is 0.746. The van der Waals surface area contributed by atoms with E-state index >= 15 is 0 Å². The normalized spacial score (nSPS) is 12.7. The minimum atomic E-state index is 0.212. The Morgan fingerprint density at radius 2 is 1.85 bits per heavy atom. The van der Waals surface area contributed by atoms with Crippen molar-refractivity contribution in [3.63, 3.8) is 0 Å². The number of para-hydroxylation sites is 2. The molecule has 0 radical (unpaired) electrons. The van der Waals surface area contributed by atoms with Crippen LogP contribution in [0.5, 0.6) is 0 Å². The Hall–Kier alpha value is -2.13. The maximum Gasteiger partial charge on any atom is 0.197 e. The van der Waals surface area contributed by atoms with E-state index in [2.05, 4.69) is 41.5 Å². The first-order valence-corrected chi connectivity index (χ1v) is 6.85. The van der Waals surface area contributed by atoms with Gasteiger partial charge in [0.2, 0.25) is 0 Å². The molecule has 0 saturated heterocycles. The van der Waals surface area contributed by atoms with Gasteiger partial charge in [0.1, 0.15) is 5.52 Å². The molecule has 0 spiro atoms. The molecule has 1 heterocycles. The van der Waals surface area contributed by atoms with Gasteiger partial charge in [0.15, 0.2) is 11.5 Å². The number of benzene rings is 2. The molecule has 3 rings (SSSR count). The fourth-order valence-corrected chi connectivity index (χ4v) is 2.53. The van der Waals surface area contributed by atoms with Gasteiger partial charge in [0.05, 0.1) is 0 Å². The summed E-state index contributed by atoms with van der Waals surface area (Å²) >= 11 is 0. The quantitative estimate of drug-likeness (QED) is 0.783. The van der Waals surface area contributed by atoms with E-state index in [1.54, 1.807) is 0 Å². The van der Waals surface area contributed by atoms with E-state index in [0.717, 1.165) is 23.4 Å². The van der Waals surface area contributed by atoms with Crippen LogP contribution in [0.1, 0.15) is 23.1 Å². The van der Waals surface area contributed by atoms with Gasteiger partial charge in [-0.3, -0.25) is 0 Å². The molecule has 0 amide bonds. The molecule has 3 nitrogen and oxygen atoms in total. The highest BCUT2D eigenvalue weighted by molar-refractivity contribution is 5.72. The minimum Gasteiger partial charge on any atom is -0.441 e. The third kappa shape index (κ3) is 2.45. The average molecular weight is 266 g/mol. The maximum atomic E-state index is 5.81. The zero-order valence-corrected chi connectivity index (χ0v) is 11.8. The molecule has 1 aromatic heterocycles. The second-order valence-corrected chi connectivity index (χ2v) is 4.98. The number of hydrogen-bond acceptors (Lipinski definition) is 3. The number of fused-ring (bicyclic) bond motifs is 1. The summed E-state index contributed by atoms with van der Waals surface area (Å²) in [6, 6.07) is 16.5. The van der Waals surface area contributed by atoms with Crippen LogP contribution in [0.2, 0.25) is 0 Å². The maximum absolute atomic E-state index is 5.81. The van der Waals surface area contributed by atoms with Gasteiger partial charge in [-0.25, -0.2) is 4.98 Å². The van der Waals surface area contributed by atoms with E-state index in [4.69, 9.17) is 4.42 Å². The van der Waals surface area contributed by atoms with Crippen molar-refractivity contribution in [1.29, 1.82) is 0 Å². The van der Waals surface area contributed by atoms with Crippen molar-refractivity contribution >= 4 is 11.1 Å². The van der Waals surface area contributed by atoms with Crippen LogP contribution in [0.4, 0.5) is 0 Å². The van der Waals surface area contributed by atoms with Crippen LogP contribution < -0.4 is 5.32 Å². The number of oxazole rings is 1. The van der Waals surface area contributed by atoms with Gasteiger partial charge in [0.25, 0.3) is 0 Å². The van der Waals surface area contributed by atoms with Crippen LogP contribution in [-0.2, 0) is 6.42 Å². The fourth-order valence-electron chi connectivity index (χ4n) is 2.53. The third-order valence-corrected chi connectivity index (χ3v) is 3.63. The SMILES string of the molecule is CNC(Cc1nc2ccccc2o1)c1ccccc1C. The Balaban J connectivity index is 1.90. The smallest absolute Gasteiger partial charge is 0.197 e. The number of nitrogens with one attached hydrogen (secondary N) is 1. The summed E-state index contributed by atoms with van der Waals surface area (Å²) in [6.45, 7) is 2.13. The molecule has 0 aliphatic heterocycles. The minimum absolute atomic E-state index is 0.212. The molecular formula is C17H18N2O. The molecule has 0 bridgehead atoms. The Labute approximate surface area is 118 Å². The van der Waals surface area contributed by atoms with Crippen molar-refractivity contribution in [3.05, 3.63) is 65.5 Å². The topological polar surface area (TPSA) is 38.1 Å². The first kappa shape index (κ1) is 12.9. The van der Waals surface area contributed by atoms with Crippen LogP contribution in [0, 0.1) is 6.92 Å². The van der Waals surface area contributed by atoms with Gasteiger partial charge in [0, 0.05) is 12.5 Å². The predicted molar refractivity (Wildman–Crippen MR) is 80.7 cm³/mol. The first-order chi connectivity index (χ1) is 9.78. The van der Waals surface area contributed by atoms with Crippen molar-refractivity contribution in [3.8, 4) is 0 Å². The lowest BCUT2D eigenvalue weighted by Gasteiger charge is -2.17. The lowest BCUT2D eigenvalue weighted by atomic mass is 9.99. The summed E-state index contributed by atoms with van der Waals surface area (Å²) in [5, 5.41) is 3.35. The van der Waals surface area contributed by atoms with E-state index in [-0.39, 0.29) is 6.04 Å². The molecule has 1 atom stereocenters. The molecule has 1 N–H and O–H groups in total. The summed E-state index contributed by atoms with van der Waals surface area (Å²) < 4.78 is 5.81. The average Bonchev–Trinajstić information content (AvgIpc) is 2.88. The third-order valence-electron chi connectivity index (χ3n) is 3.63. The van der Waals surface area contributed by atoms with E-state index in [0.29, 0.717) is 0 Å². The molecule has 102 valence electrons. The number of aryl methyl sites for hydroxylation is 1. The fraction of sp³-hybridized carbons (Fsp3) is 0.235. The van der Waals surface area contributed by atoms with Crippen LogP contribution >= 0.6 is 0 Å². The van der Waals surface area contributed by atoms with E-state index in [9.17, 15) is 0 Å². The largest absolute Gasteiger partial charge is 0.441 e. The Morgan fingerprint density at radius 3 is 2.60 bits per heavy atom. The highest BCUT2D eigenvalue weighted by Gasteiger charge is 2.15. The van der Waals surface area contributed by atoms with Crippen LogP contribution in [-0.4, -0.2) is 12.0 Å². The van der Waals surface area contributed by atoms with Crippen molar-refractivity contribution < 1.29 is 4.42 Å². The lowest BCUT2D eigenvalue weighted by Crippen LogP contribution is -2.19. The number of aromatic nitrogens is 1. The second-order valence-electron chi connectivity index (χ2n) is 4.98. The molecule has 2 aromatic carbocycles. The Bertz CT molecular complexity index is 685. The van der Waals surface area contributed by atoms with Crippen molar-refractivity contribution in [2.75, 3.05) is 7.05 Å². The summed E-state index contributed by atoms with van der Waals surface area (Å²) in [4.78, 5) is 4.55.